The molecule has 5 rings (SSSR count). The number of methoxy groups -OCH3 is 1. The third-order valence-corrected chi connectivity index (χ3v) is 6.74. The highest BCUT2D eigenvalue weighted by atomic mass is 32.2. The number of nitrogens with one attached hydrogen (secondary N) is 1. The summed E-state index contributed by atoms with van der Waals surface area (Å²) in [6.45, 7) is 0. The third-order valence-electron chi connectivity index (χ3n) is 5.38. The second-order valence-electron chi connectivity index (χ2n) is 7.73. The monoisotopic (exact) mass is 514 g/mol. The van der Waals surface area contributed by atoms with Crippen LogP contribution >= 0.6 is 0 Å². The Kier molecular flexibility index (Phi) is 5.63. The van der Waals surface area contributed by atoms with Crippen molar-refractivity contribution in [3.63, 3.8) is 0 Å². The summed E-state index contributed by atoms with van der Waals surface area (Å²) in [5.41, 5.74) is 0.993. The summed E-state index contributed by atoms with van der Waals surface area (Å²) in [4.78, 5) is 7.28. The number of aromatic nitrogens is 5. The Balaban J connectivity index is 1.55. The van der Waals surface area contributed by atoms with Gasteiger partial charge in [-0.2, -0.15) is 5.10 Å². The first-order chi connectivity index (χ1) is 17.2. The molecular formula is C23H17F3N6O3S. The molecule has 0 radical (unpaired) electrons. The molecule has 0 aliphatic heterocycles. The molecule has 0 aliphatic carbocycles. The fraction of sp³-hybridized carbons (Fsp3) is 0.0870. The molecule has 0 unspecified atom stereocenters. The average molecular weight is 514 g/mol. The van der Waals surface area contributed by atoms with E-state index in [0.717, 1.165) is 25.4 Å². The first-order valence-electron chi connectivity index (χ1n) is 10.4. The molecule has 0 saturated carbocycles. The van der Waals surface area contributed by atoms with Crippen LogP contribution in [0.25, 0.3) is 28.0 Å². The maximum atomic E-state index is 15.5. The van der Waals surface area contributed by atoms with Crippen molar-refractivity contribution in [3.05, 3.63) is 78.8 Å². The lowest BCUT2D eigenvalue weighted by Crippen LogP contribution is -2.16. The Morgan fingerprint density at radius 1 is 1.06 bits per heavy atom. The minimum atomic E-state index is -4.54. The second-order valence-corrected chi connectivity index (χ2v) is 9.38. The molecule has 1 aromatic carbocycles. The third kappa shape index (κ3) is 4.02. The van der Waals surface area contributed by atoms with Gasteiger partial charge in [-0.3, -0.25) is 9.40 Å². The van der Waals surface area contributed by atoms with E-state index in [1.165, 1.54) is 18.6 Å². The zero-order chi connectivity index (χ0) is 25.6. The molecule has 4 aromatic heterocycles. The molecule has 184 valence electrons. The van der Waals surface area contributed by atoms with E-state index in [4.69, 9.17) is 4.74 Å². The van der Waals surface area contributed by atoms with Crippen LogP contribution in [0.15, 0.2) is 66.2 Å². The molecule has 1 N–H and O–H groups in total. The Morgan fingerprint density at radius 2 is 1.86 bits per heavy atom. The summed E-state index contributed by atoms with van der Waals surface area (Å²) in [5, 5.41) is 4.32. The number of nitrogens with zero attached hydrogens (tertiary/aromatic N) is 5. The largest absolute Gasteiger partial charge is 0.480 e. The van der Waals surface area contributed by atoms with Gasteiger partial charge < -0.3 is 9.14 Å². The van der Waals surface area contributed by atoms with E-state index in [1.54, 1.807) is 34.5 Å². The molecule has 0 atom stereocenters. The fourth-order valence-corrected chi connectivity index (χ4v) is 4.93. The van der Waals surface area contributed by atoms with Crippen LogP contribution in [-0.4, -0.2) is 39.7 Å². The van der Waals surface area contributed by atoms with Crippen molar-refractivity contribution in [2.45, 2.75) is 4.90 Å². The summed E-state index contributed by atoms with van der Waals surface area (Å²) in [7, 11) is -1.61. The van der Waals surface area contributed by atoms with Gasteiger partial charge in [0.1, 0.15) is 29.3 Å². The molecule has 5 aromatic rings. The van der Waals surface area contributed by atoms with Gasteiger partial charge in [-0.1, -0.05) is 6.07 Å². The number of imidazole rings is 1. The number of halogens is 3. The number of pyridine rings is 2. The van der Waals surface area contributed by atoms with Crippen LogP contribution in [0.4, 0.5) is 18.9 Å². The Morgan fingerprint density at radius 3 is 2.58 bits per heavy atom. The van der Waals surface area contributed by atoms with E-state index < -0.39 is 43.6 Å². The quantitative estimate of drug-likeness (QED) is 0.367. The summed E-state index contributed by atoms with van der Waals surface area (Å²) in [5.74, 6) is -3.40. The maximum Gasteiger partial charge on any atom is 0.267 e. The number of hydrogen-bond acceptors (Lipinski definition) is 6. The van der Waals surface area contributed by atoms with Gasteiger partial charge in [0.05, 0.1) is 30.1 Å². The van der Waals surface area contributed by atoms with Gasteiger partial charge in [0.15, 0.2) is 10.7 Å². The summed E-state index contributed by atoms with van der Waals surface area (Å²) < 4.78 is 79.7. The van der Waals surface area contributed by atoms with Crippen molar-refractivity contribution in [2.75, 3.05) is 11.8 Å². The van der Waals surface area contributed by atoms with Gasteiger partial charge in [-0.25, -0.2) is 31.6 Å². The first-order valence-corrected chi connectivity index (χ1v) is 11.8. The van der Waals surface area contributed by atoms with E-state index in [9.17, 15) is 17.2 Å². The van der Waals surface area contributed by atoms with Gasteiger partial charge in [-0.15, -0.1) is 0 Å². The summed E-state index contributed by atoms with van der Waals surface area (Å²) in [6, 6.07) is 7.44. The van der Waals surface area contributed by atoms with Gasteiger partial charge in [-0.05, 0) is 24.3 Å². The number of hydrogen-bond donors (Lipinski definition) is 1. The predicted molar refractivity (Wildman–Crippen MR) is 124 cm³/mol. The van der Waals surface area contributed by atoms with E-state index >= 15 is 4.39 Å². The minimum absolute atomic E-state index is 0.133. The lowest BCUT2D eigenvalue weighted by atomic mass is 10.0. The van der Waals surface area contributed by atoms with Crippen molar-refractivity contribution in [1.29, 1.82) is 0 Å². The standard InChI is InChI=1S/C23H17F3N6O3S/c1-31-8-7-17(29-31)22-18-6-3-13(11-32(18)12-28-22)20-15(25)4-5-16(21(20)26)30-36(33,34)19-9-14(24)10-27-23(19)35-2/h3-12,30H,1-2H3. The number of sulfonamides is 1. The molecule has 0 bridgehead atoms. The number of rotatable bonds is 6. The second kappa shape index (κ2) is 8.68. The van der Waals surface area contributed by atoms with Crippen LogP contribution in [0.2, 0.25) is 0 Å². The summed E-state index contributed by atoms with van der Waals surface area (Å²) >= 11 is 0. The van der Waals surface area contributed by atoms with Crippen LogP contribution in [0.1, 0.15) is 0 Å². The van der Waals surface area contributed by atoms with E-state index in [2.05, 4.69) is 15.1 Å². The van der Waals surface area contributed by atoms with E-state index in [-0.39, 0.29) is 11.4 Å². The highest BCUT2D eigenvalue weighted by molar-refractivity contribution is 7.92. The summed E-state index contributed by atoms with van der Waals surface area (Å²) in [6.07, 6.45) is 5.49. The lowest BCUT2D eigenvalue weighted by molar-refractivity contribution is 0.382. The zero-order valence-corrected chi connectivity index (χ0v) is 19.6. The SMILES string of the molecule is COc1ncc(F)cc1S(=O)(=O)Nc1ccc(F)c(-c2ccc3c(-c4ccn(C)n4)ncn3c2)c1F. The molecule has 0 amide bonds. The molecule has 9 nitrogen and oxygen atoms in total. The number of ether oxygens (including phenoxy) is 1. The van der Waals surface area contributed by atoms with Crippen LogP contribution in [-0.2, 0) is 17.1 Å². The minimum Gasteiger partial charge on any atom is -0.480 e. The predicted octanol–water partition coefficient (Wildman–Crippen LogP) is 4.02. The van der Waals surface area contributed by atoms with Gasteiger partial charge >= 0.3 is 0 Å². The lowest BCUT2D eigenvalue weighted by Gasteiger charge is -2.14. The van der Waals surface area contributed by atoms with Crippen molar-refractivity contribution in [2.24, 2.45) is 7.05 Å². The maximum absolute atomic E-state index is 15.5. The van der Waals surface area contributed by atoms with Crippen LogP contribution in [0.3, 0.4) is 0 Å². The molecule has 36 heavy (non-hydrogen) atoms. The zero-order valence-electron chi connectivity index (χ0n) is 18.8. The highest BCUT2D eigenvalue weighted by Crippen LogP contribution is 2.34. The smallest absolute Gasteiger partial charge is 0.267 e. The van der Waals surface area contributed by atoms with Crippen LogP contribution in [0.5, 0.6) is 5.88 Å². The van der Waals surface area contributed by atoms with Crippen molar-refractivity contribution in [1.82, 2.24) is 24.1 Å². The van der Waals surface area contributed by atoms with Crippen molar-refractivity contribution in [3.8, 4) is 28.4 Å². The topological polar surface area (TPSA) is 103 Å². The number of benzene rings is 1. The number of fused-ring (bicyclic) bond motifs is 1. The number of aryl methyl sites for hydroxylation is 1. The fourth-order valence-electron chi connectivity index (χ4n) is 3.74. The molecular weight excluding hydrogens is 497 g/mol. The number of anilines is 1. The molecule has 0 saturated heterocycles. The highest BCUT2D eigenvalue weighted by Gasteiger charge is 2.25. The Bertz CT molecular complexity index is 1730. The van der Waals surface area contributed by atoms with Crippen molar-refractivity contribution >= 4 is 21.2 Å². The normalized spacial score (nSPS) is 11.7. The Labute approximate surface area is 202 Å². The van der Waals surface area contributed by atoms with Gasteiger partial charge in [0.25, 0.3) is 10.0 Å². The van der Waals surface area contributed by atoms with Crippen molar-refractivity contribution < 1.29 is 26.3 Å². The molecule has 0 spiro atoms. The average Bonchev–Trinajstić information content (AvgIpc) is 3.46. The van der Waals surface area contributed by atoms with Gasteiger partial charge in [0, 0.05) is 31.1 Å². The molecule has 13 heteroatoms. The molecule has 0 aliphatic rings. The van der Waals surface area contributed by atoms with E-state index in [0.29, 0.717) is 23.0 Å². The first kappa shape index (κ1) is 23.4. The molecule has 4 heterocycles. The van der Waals surface area contributed by atoms with Crippen LogP contribution in [0, 0.1) is 17.5 Å². The van der Waals surface area contributed by atoms with E-state index in [1.807, 2.05) is 4.72 Å². The van der Waals surface area contributed by atoms with Crippen LogP contribution < -0.4 is 9.46 Å². The Hall–Kier alpha value is -4.39. The van der Waals surface area contributed by atoms with Gasteiger partial charge in [0.2, 0.25) is 5.88 Å². The molecule has 0 fully saturated rings.